The lowest BCUT2D eigenvalue weighted by Gasteiger charge is -2.19. The molecule has 0 saturated carbocycles. The van der Waals surface area contributed by atoms with E-state index < -0.39 is 0 Å². The Labute approximate surface area is 170 Å². The smallest absolute Gasteiger partial charge is 0.341 e. The maximum atomic E-state index is 12.6. The highest BCUT2D eigenvalue weighted by Gasteiger charge is 2.29. The Hall–Kier alpha value is -1.93. The number of thiophene rings is 1. The van der Waals surface area contributed by atoms with Crippen molar-refractivity contribution < 1.29 is 19.1 Å². The Bertz CT molecular complexity index is 717. The third-order valence-corrected chi connectivity index (χ3v) is 5.97. The lowest BCUT2D eigenvalue weighted by atomic mass is 9.88. The fourth-order valence-electron chi connectivity index (χ4n) is 3.36. The number of carbonyl (C=O) groups is 3. The van der Waals surface area contributed by atoms with E-state index >= 15 is 0 Å². The van der Waals surface area contributed by atoms with E-state index in [2.05, 4.69) is 17.6 Å². The van der Waals surface area contributed by atoms with Crippen molar-refractivity contribution in [1.29, 1.82) is 0 Å². The van der Waals surface area contributed by atoms with Crippen LogP contribution in [0.15, 0.2) is 0 Å². The molecule has 0 saturated heterocycles. The van der Waals surface area contributed by atoms with Gasteiger partial charge in [-0.25, -0.2) is 4.79 Å². The third kappa shape index (κ3) is 5.78. The summed E-state index contributed by atoms with van der Waals surface area (Å²) in [6, 6.07) is 0. The first-order valence-corrected chi connectivity index (χ1v) is 10.8. The molecular formula is C20H31N3O4S. The minimum Gasteiger partial charge on any atom is -0.462 e. The minimum atomic E-state index is -0.375. The van der Waals surface area contributed by atoms with E-state index in [0.717, 1.165) is 29.7 Å². The highest BCUT2D eigenvalue weighted by molar-refractivity contribution is 7.17. The lowest BCUT2D eigenvalue weighted by Crippen LogP contribution is -2.41. The van der Waals surface area contributed by atoms with Crippen LogP contribution < -0.4 is 10.6 Å². The van der Waals surface area contributed by atoms with Gasteiger partial charge >= 0.3 is 5.97 Å². The number of ether oxygens (including phenoxy) is 1. The molecule has 1 aliphatic carbocycles. The van der Waals surface area contributed by atoms with Gasteiger partial charge in [0.25, 0.3) is 0 Å². The molecule has 1 aliphatic rings. The highest BCUT2D eigenvalue weighted by Crippen LogP contribution is 2.40. The molecule has 0 bridgehead atoms. The van der Waals surface area contributed by atoms with E-state index in [1.54, 1.807) is 11.8 Å². The molecule has 0 radical (unpaired) electrons. The van der Waals surface area contributed by atoms with Gasteiger partial charge in [-0.15, -0.1) is 11.3 Å². The van der Waals surface area contributed by atoms with Gasteiger partial charge in [0.2, 0.25) is 11.8 Å². The fraction of sp³-hybridized carbons (Fsp3) is 0.650. The molecule has 1 atom stereocenters. The van der Waals surface area contributed by atoms with Gasteiger partial charge in [0.05, 0.1) is 25.3 Å². The van der Waals surface area contributed by atoms with E-state index in [-0.39, 0.29) is 30.9 Å². The number of carbonyl (C=O) groups excluding carboxylic acids is 3. The van der Waals surface area contributed by atoms with Crippen molar-refractivity contribution in [3.63, 3.8) is 0 Å². The van der Waals surface area contributed by atoms with Crippen LogP contribution in [-0.4, -0.2) is 55.5 Å². The van der Waals surface area contributed by atoms with Crippen molar-refractivity contribution in [1.82, 2.24) is 10.2 Å². The van der Waals surface area contributed by atoms with Gasteiger partial charge in [-0.3, -0.25) is 14.5 Å². The van der Waals surface area contributed by atoms with Gasteiger partial charge in [0.15, 0.2) is 0 Å². The van der Waals surface area contributed by atoms with Gasteiger partial charge in [0.1, 0.15) is 5.00 Å². The Morgan fingerprint density at radius 3 is 2.54 bits per heavy atom. The Balaban J connectivity index is 2.14. The summed E-state index contributed by atoms with van der Waals surface area (Å²) in [5.74, 6) is -0.148. The van der Waals surface area contributed by atoms with Crippen LogP contribution in [-0.2, 0) is 27.2 Å². The van der Waals surface area contributed by atoms with Crippen molar-refractivity contribution in [2.75, 3.05) is 38.1 Å². The number of anilines is 1. The average Bonchev–Trinajstić information content (AvgIpc) is 2.98. The van der Waals surface area contributed by atoms with Gasteiger partial charge < -0.3 is 15.4 Å². The van der Waals surface area contributed by atoms with Crippen molar-refractivity contribution in [3.05, 3.63) is 16.0 Å². The molecule has 1 aromatic heterocycles. The molecule has 0 spiro atoms. The van der Waals surface area contributed by atoms with E-state index in [1.807, 2.05) is 13.8 Å². The molecule has 0 unspecified atom stereocenters. The van der Waals surface area contributed by atoms with Crippen LogP contribution in [0.3, 0.4) is 0 Å². The van der Waals surface area contributed by atoms with Crippen LogP contribution in [0.2, 0.25) is 0 Å². The Morgan fingerprint density at radius 1 is 1.18 bits per heavy atom. The Morgan fingerprint density at radius 2 is 1.89 bits per heavy atom. The number of amides is 2. The van der Waals surface area contributed by atoms with E-state index in [4.69, 9.17) is 4.74 Å². The minimum absolute atomic E-state index is 0.0921. The molecular weight excluding hydrogens is 378 g/mol. The second-order valence-electron chi connectivity index (χ2n) is 7.08. The number of rotatable bonds is 9. The number of likely N-dealkylation sites (N-methyl/N-ethyl adjacent to an activating group) is 2. The third-order valence-electron chi connectivity index (χ3n) is 4.80. The molecule has 28 heavy (non-hydrogen) atoms. The molecule has 7 nitrogen and oxygen atoms in total. The summed E-state index contributed by atoms with van der Waals surface area (Å²) in [5.41, 5.74) is 1.53. The molecule has 2 N–H and O–H groups in total. The molecule has 1 heterocycles. The maximum absolute atomic E-state index is 12.6. The molecule has 8 heteroatoms. The van der Waals surface area contributed by atoms with Gasteiger partial charge in [-0.2, -0.15) is 0 Å². The van der Waals surface area contributed by atoms with Crippen LogP contribution in [0.4, 0.5) is 5.00 Å². The predicted molar refractivity (Wildman–Crippen MR) is 111 cm³/mol. The van der Waals surface area contributed by atoms with Gasteiger partial charge in [-0.1, -0.05) is 13.8 Å². The summed E-state index contributed by atoms with van der Waals surface area (Å²) in [4.78, 5) is 39.8. The number of hydrogen-bond acceptors (Lipinski definition) is 6. The molecule has 156 valence electrons. The SMILES string of the molecule is CCNC(=O)CN(CC)CC(=O)Nc1sc2c(c1C(=O)OCC)CC[C@H](C)C2. The van der Waals surface area contributed by atoms with E-state index in [0.29, 0.717) is 36.2 Å². The summed E-state index contributed by atoms with van der Waals surface area (Å²) in [6.07, 6.45) is 2.77. The van der Waals surface area contributed by atoms with Crippen molar-refractivity contribution in [2.24, 2.45) is 5.92 Å². The first-order chi connectivity index (χ1) is 13.4. The largest absolute Gasteiger partial charge is 0.462 e. The number of hydrogen-bond donors (Lipinski definition) is 2. The number of nitrogens with one attached hydrogen (secondary N) is 2. The topological polar surface area (TPSA) is 87.7 Å². The van der Waals surface area contributed by atoms with Crippen LogP contribution in [0.1, 0.15) is 54.9 Å². The molecule has 0 aromatic carbocycles. The zero-order valence-corrected chi connectivity index (χ0v) is 18.0. The molecule has 2 amide bonds. The van der Waals surface area contributed by atoms with E-state index in [1.165, 1.54) is 11.3 Å². The van der Waals surface area contributed by atoms with Crippen LogP contribution in [0.25, 0.3) is 0 Å². The molecule has 1 aromatic rings. The van der Waals surface area contributed by atoms with Crippen molar-refractivity contribution >= 4 is 34.1 Å². The second-order valence-corrected chi connectivity index (χ2v) is 8.19. The standard InChI is InChI=1S/C20H31N3O4S/c1-5-21-16(24)11-23(6-2)12-17(25)22-19-18(20(26)27-7-3)14-9-8-13(4)10-15(14)28-19/h13H,5-12H2,1-4H3,(H,21,24)(H,22,25)/t13-/m0/s1. The Kier molecular flexibility index (Phi) is 8.44. The van der Waals surface area contributed by atoms with Crippen molar-refractivity contribution in [2.45, 2.75) is 47.0 Å². The monoisotopic (exact) mass is 409 g/mol. The first-order valence-electron chi connectivity index (χ1n) is 10.00. The number of esters is 1. The summed E-state index contributed by atoms with van der Waals surface area (Å²) < 4.78 is 5.24. The molecule has 0 aliphatic heterocycles. The van der Waals surface area contributed by atoms with E-state index in [9.17, 15) is 14.4 Å². The van der Waals surface area contributed by atoms with Crippen LogP contribution in [0.5, 0.6) is 0 Å². The summed E-state index contributed by atoms with van der Waals surface area (Å²) >= 11 is 1.47. The second kappa shape index (κ2) is 10.6. The zero-order chi connectivity index (χ0) is 20.7. The average molecular weight is 410 g/mol. The first kappa shape index (κ1) is 22.4. The number of fused-ring (bicyclic) bond motifs is 1. The summed E-state index contributed by atoms with van der Waals surface area (Å²) in [7, 11) is 0. The fourth-order valence-corrected chi connectivity index (χ4v) is 4.78. The lowest BCUT2D eigenvalue weighted by molar-refractivity contribution is -0.123. The van der Waals surface area contributed by atoms with Gasteiger partial charge in [-0.05, 0) is 51.1 Å². The molecule has 2 rings (SSSR count). The van der Waals surface area contributed by atoms with Crippen LogP contribution >= 0.6 is 11.3 Å². The zero-order valence-electron chi connectivity index (χ0n) is 17.2. The summed E-state index contributed by atoms with van der Waals surface area (Å²) in [5, 5.41) is 6.20. The van der Waals surface area contributed by atoms with Crippen molar-refractivity contribution in [3.8, 4) is 0 Å². The highest BCUT2D eigenvalue weighted by atomic mass is 32.1. The maximum Gasteiger partial charge on any atom is 0.341 e. The quantitative estimate of drug-likeness (QED) is 0.612. The molecule has 0 fully saturated rings. The van der Waals surface area contributed by atoms with Gasteiger partial charge in [0, 0.05) is 11.4 Å². The predicted octanol–water partition coefficient (Wildman–Crippen LogP) is 2.45. The number of nitrogens with zero attached hydrogens (tertiary/aromatic N) is 1. The summed E-state index contributed by atoms with van der Waals surface area (Å²) in [6.45, 7) is 9.43. The van der Waals surface area contributed by atoms with Crippen LogP contribution in [0, 0.1) is 5.92 Å². The normalized spacial score (nSPS) is 15.8.